The number of allylic oxidation sites excluding steroid dienone is 2. The van der Waals surface area contributed by atoms with Crippen molar-refractivity contribution < 1.29 is 14.7 Å². The van der Waals surface area contributed by atoms with Gasteiger partial charge < -0.3 is 5.11 Å². The molecule has 2 aliphatic heterocycles. The number of amides is 1. The van der Waals surface area contributed by atoms with E-state index in [1.807, 2.05) is 0 Å². The lowest BCUT2D eigenvalue weighted by molar-refractivity contribution is -0.146. The van der Waals surface area contributed by atoms with Crippen LogP contribution in [0.1, 0.15) is 6.42 Å². The summed E-state index contributed by atoms with van der Waals surface area (Å²) in [6.45, 7) is 0. The number of fused-ring (bicyclic) bond motifs is 1. The van der Waals surface area contributed by atoms with Gasteiger partial charge in [-0.3, -0.25) is 9.69 Å². The molecule has 0 aromatic rings. The summed E-state index contributed by atoms with van der Waals surface area (Å²) in [5.41, 5.74) is 0.767. The summed E-state index contributed by atoms with van der Waals surface area (Å²) in [5, 5.41) is 9.13. The summed E-state index contributed by atoms with van der Waals surface area (Å²) in [7, 11) is 0. The zero-order valence-electron chi connectivity index (χ0n) is 8.35. The molecule has 0 aromatic heterocycles. The van der Waals surface area contributed by atoms with Gasteiger partial charge >= 0.3 is 5.97 Å². The fourth-order valence-corrected chi connectivity index (χ4v) is 3.08. The van der Waals surface area contributed by atoms with Crippen LogP contribution in [-0.4, -0.2) is 38.9 Å². The summed E-state index contributed by atoms with van der Waals surface area (Å²) >= 11 is 7.10. The van der Waals surface area contributed by atoms with Gasteiger partial charge in [-0.05, 0) is 5.57 Å². The van der Waals surface area contributed by atoms with Gasteiger partial charge in [-0.25, -0.2) is 4.79 Å². The lowest BCUT2D eigenvalue weighted by Crippen LogP contribution is -2.53. The standard InChI is InChI=1S/C10H10ClNO3S/c11-3-1-2-6-5-16-8-4-7(13)12(8)9(6)10(14)15/h1-2,8H,3-5H2,(H,14,15)/b2-1-/t8-/m1/s1. The first-order valence-electron chi connectivity index (χ1n) is 4.77. The molecule has 2 aliphatic rings. The van der Waals surface area contributed by atoms with E-state index >= 15 is 0 Å². The van der Waals surface area contributed by atoms with Crippen LogP contribution in [0.4, 0.5) is 0 Å². The molecule has 6 heteroatoms. The van der Waals surface area contributed by atoms with Gasteiger partial charge in [-0.1, -0.05) is 12.2 Å². The third-order valence-corrected chi connectivity index (χ3v) is 3.91. The number of hydrogen-bond donors (Lipinski definition) is 1. The first kappa shape index (κ1) is 11.5. The Balaban J connectivity index is 2.35. The molecule has 1 amide bonds. The van der Waals surface area contributed by atoms with E-state index < -0.39 is 5.97 Å². The van der Waals surface area contributed by atoms with Crippen molar-refractivity contribution in [3.05, 3.63) is 23.4 Å². The number of β-lactam (4-membered cyclic amide) rings is 1. The van der Waals surface area contributed by atoms with Crippen LogP contribution in [0.3, 0.4) is 0 Å². The maximum Gasteiger partial charge on any atom is 0.352 e. The third kappa shape index (κ3) is 1.85. The van der Waals surface area contributed by atoms with E-state index in [4.69, 9.17) is 16.7 Å². The number of aliphatic carboxylic acids is 1. The predicted octanol–water partition coefficient (Wildman–Crippen LogP) is 1.43. The van der Waals surface area contributed by atoms with Gasteiger partial charge in [0.05, 0.1) is 11.8 Å². The number of thioether (sulfide) groups is 1. The second-order valence-electron chi connectivity index (χ2n) is 3.47. The first-order chi connectivity index (χ1) is 7.65. The molecule has 0 aliphatic carbocycles. The molecule has 1 atom stereocenters. The van der Waals surface area contributed by atoms with E-state index in [1.165, 1.54) is 4.90 Å². The molecule has 0 radical (unpaired) electrons. The molecule has 1 N–H and O–H groups in total. The summed E-state index contributed by atoms with van der Waals surface area (Å²) in [6.07, 6.45) is 3.81. The minimum absolute atomic E-state index is 0.00625. The molecule has 0 aromatic carbocycles. The summed E-state index contributed by atoms with van der Waals surface area (Å²) < 4.78 is 0. The van der Waals surface area contributed by atoms with E-state index in [0.717, 1.165) is 0 Å². The van der Waals surface area contributed by atoms with Gasteiger partial charge in [0.2, 0.25) is 5.91 Å². The number of carbonyl (C=O) groups is 2. The number of halogens is 1. The number of rotatable bonds is 3. The molecule has 4 nitrogen and oxygen atoms in total. The Labute approximate surface area is 102 Å². The molecule has 0 bridgehead atoms. The lowest BCUT2D eigenvalue weighted by atomic mass is 10.1. The Kier molecular flexibility index (Phi) is 3.25. The Morgan fingerprint density at radius 3 is 3.00 bits per heavy atom. The van der Waals surface area contributed by atoms with Crippen LogP contribution in [-0.2, 0) is 9.59 Å². The maximum atomic E-state index is 11.4. The van der Waals surface area contributed by atoms with Crippen LogP contribution < -0.4 is 0 Å². The van der Waals surface area contributed by atoms with Crippen molar-refractivity contribution in [2.45, 2.75) is 11.8 Å². The first-order valence-corrected chi connectivity index (χ1v) is 6.36. The van der Waals surface area contributed by atoms with Crippen LogP contribution in [0.25, 0.3) is 0 Å². The van der Waals surface area contributed by atoms with E-state index in [0.29, 0.717) is 23.6 Å². The molecular weight excluding hydrogens is 250 g/mol. The van der Waals surface area contributed by atoms with Gasteiger partial charge in [0.15, 0.2) is 0 Å². The van der Waals surface area contributed by atoms with Crippen LogP contribution in [0.15, 0.2) is 23.4 Å². The number of alkyl halides is 1. The molecular formula is C10H10ClNO3S. The maximum absolute atomic E-state index is 11.4. The highest BCUT2D eigenvalue weighted by atomic mass is 35.5. The normalized spacial score (nSPS) is 24.7. The van der Waals surface area contributed by atoms with Crippen molar-refractivity contribution in [2.75, 3.05) is 11.6 Å². The Bertz CT molecular complexity index is 405. The minimum Gasteiger partial charge on any atom is -0.477 e. The second-order valence-corrected chi connectivity index (χ2v) is 4.94. The molecule has 0 spiro atoms. The molecule has 16 heavy (non-hydrogen) atoms. The highest BCUT2D eigenvalue weighted by Gasteiger charge is 2.44. The molecule has 0 unspecified atom stereocenters. The van der Waals surface area contributed by atoms with Crippen LogP contribution in [0.5, 0.6) is 0 Å². The van der Waals surface area contributed by atoms with E-state index in [-0.39, 0.29) is 17.0 Å². The Hall–Kier alpha value is -0.940. The molecule has 86 valence electrons. The number of nitrogens with zero attached hydrogens (tertiary/aromatic N) is 1. The summed E-state index contributed by atoms with van der Waals surface area (Å²) in [5.74, 6) is -0.221. The van der Waals surface area contributed by atoms with Gasteiger partial charge in [0.1, 0.15) is 5.70 Å². The quantitative estimate of drug-likeness (QED) is 0.615. The molecule has 2 rings (SSSR count). The number of carbonyl (C=O) groups excluding carboxylic acids is 1. The van der Waals surface area contributed by atoms with Gasteiger partial charge in [-0.15, -0.1) is 23.4 Å². The SMILES string of the molecule is O=C(O)C1=C(/C=C\CCl)CS[C@@H]2CC(=O)N12. The third-order valence-electron chi connectivity index (χ3n) is 2.49. The van der Waals surface area contributed by atoms with Crippen molar-refractivity contribution in [1.82, 2.24) is 4.90 Å². The number of carboxylic acids is 1. The largest absolute Gasteiger partial charge is 0.477 e. The van der Waals surface area contributed by atoms with Crippen LogP contribution in [0, 0.1) is 0 Å². The van der Waals surface area contributed by atoms with Gasteiger partial charge in [0.25, 0.3) is 0 Å². The zero-order chi connectivity index (χ0) is 11.7. The highest BCUT2D eigenvalue weighted by Crippen LogP contribution is 2.40. The Morgan fingerprint density at radius 1 is 1.69 bits per heavy atom. The monoisotopic (exact) mass is 259 g/mol. The van der Waals surface area contributed by atoms with Crippen LogP contribution >= 0.6 is 23.4 Å². The second kappa shape index (κ2) is 4.51. The topological polar surface area (TPSA) is 57.6 Å². The van der Waals surface area contributed by atoms with Crippen LogP contribution in [0.2, 0.25) is 0 Å². The van der Waals surface area contributed by atoms with Crippen molar-refractivity contribution >= 4 is 35.2 Å². The smallest absolute Gasteiger partial charge is 0.352 e. The van der Waals surface area contributed by atoms with E-state index in [1.54, 1.807) is 23.9 Å². The van der Waals surface area contributed by atoms with Crippen molar-refractivity contribution in [3.8, 4) is 0 Å². The predicted molar refractivity (Wildman–Crippen MR) is 62.2 cm³/mol. The number of hydrogen-bond acceptors (Lipinski definition) is 3. The number of carboxylic acid groups (broad SMARTS) is 1. The lowest BCUT2D eigenvalue weighted by Gasteiger charge is -2.43. The molecule has 1 saturated heterocycles. The molecule has 1 fully saturated rings. The highest BCUT2D eigenvalue weighted by molar-refractivity contribution is 8.00. The summed E-state index contributed by atoms with van der Waals surface area (Å²) in [6, 6.07) is 0. The fourth-order valence-electron chi connectivity index (χ4n) is 1.75. The van der Waals surface area contributed by atoms with E-state index in [9.17, 15) is 9.59 Å². The fraction of sp³-hybridized carbons (Fsp3) is 0.400. The van der Waals surface area contributed by atoms with Gasteiger partial charge in [0, 0.05) is 11.6 Å². The zero-order valence-corrected chi connectivity index (χ0v) is 9.92. The minimum atomic E-state index is -1.05. The van der Waals surface area contributed by atoms with Crippen molar-refractivity contribution in [1.29, 1.82) is 0 Å². The molecule has 2 heterocycles. The average Bonchev–Trinajstić information content (AvgIpc) is 2.24. The summed E-state index contributed by atoms with van der Waals surface area (Å²) in [4.78, 5) is 23.9. The van der Waals surface area contributed by atoms with Gasteiger partial charge in [-0.2, -0.15) is 0 Å². The average molecular weight is 260 g/mol. The molecule has 0 saturated carbocycles. The van der Waals surface area contributed by atoms with E-state index in [2.05, 4.69) is 0 Å². The van der Waals surface area contributed by atoms with Crippen molar-refractivity contribution in [2.24, 2.45) is 0 Å². The Morgan fingerprint density at radius 2 is 2.44 bits per heavy atom. The van der Waals surface area contributed by atoms with Crippen molar-refractivity contribution in [3.63, 3.8) is 0 Å².